The summed E-state index contributed by atoms with van der Waals surface area (Å²) in [5.74, 6) is 8.70. The van der Waals surface area contributed by atoms with Gasteiger partial charge in [0.25, 0.3) is 0 Å². The van der Waals surface area contributed by atoms with Crippen LogP contribution in [-0.4, -0.2) is 11.3 Å². The van der Waals surface area contributed by atoms with Gasteiger partial charge in [-0.2, -0.15) is 0 Å². The number of ketones is 1. The standard InChI is InChI=1S/C11H15FNOP.C11H18.C7H10.C4H8.C2H6/c1-7(11(12,13)15)9-3-5-10(6-4-9)8(2)14;1-3-4-5-11-8-6-10(2)7-9-11;1-3-5-7-6-4-2;1-4-2-3-4;1-2/h3-7H,13,15H2,1-2H3;10-11H,5-9H2,1-2H3;3-7H,1H2,2H3;4H,2-3H2,1H3;1-2H3/b;;6-4-,7-5-;;. The minimum absolute atomic E-state index is 0.000614. The molecule has 0 radical (unpaired) electrons. The molecule has 2 saturated carbocycles. The Kier molecular flexibility index (Phi) is 23.9. The predicted molar refractivity (Wildman–Crippen MR) is 176 cm³/mol. The van der Waals surface area contributed by atoms with Crippen LogP contribution in [0.3, 0.4) is 0 Å². The largest absolute Gasteiger partial charge is 0.296 e. The maximum absolute atomic E-state index is 13.4. The van der Waals surface area contributed by atoms with Gasteiger partial charge >= 0.3 is 0 Å². The maximum Gasteiger partial charge on any atom is 0.178 e. The second-order valence-corrected chi connectivity index (χ2v) is 11.2. The Morgan fingerprint density at radius 2 is 1.56 bits per heavy atom. The smallest absolute Gasteiger partial charge is 0.178 e. The lowest BCUT2D eigenvalue weighted by molar-refractivity contribution is 0.101. The van der Waals surface area contributed by atoms with E-state index in [9.17, 15) is 9.18 Å². The highest BCUT2D eigenvalue weighted by molar-refractivity contribution is 7.18. The summed E-state index contributed by atoms with van der Waals surface area (Å²) < 4.78 is 13.4. The van der Waals surface area contributed by atoms with Gasteiger partial charge in [-0.1, -0.05) is 131 Å². The first-order valence-electron chi connectivity index (χ1n) is 14.6. The third kappa shape index (κ3) is 22.5. The van der Waals surface area contributed by atoms with Crippen molar-refractivity contribution in [1.82, 2.24) is 0 Å². The van der Waals surface area contributed by atoms with Gasteiger partial charge in [-0.05, 0) is 56.9 Å². The number of carbonyl (C=O) groups is 1. The van der Waals surface area contributed by atoms with Crippen molar-refractivity contribution >= 4 is 15.0 Å². The highest BCUT2D eigenvalue weighted by atomic mass is 31.0. The molecule has 3 unspecified atom stereocenters. The number of halogens is 1. The average molecular weight is 558 g/mol. The molecule has 1 aromatic carbocycles. The van der Waals surface area contributed by atoms with Crippen LogP contribution in [0, 0.1) is 29.6 Å². The number of rotatable bonds is 6. The molecular weight excluding hydrogens is 500 g/mol. The van der Waals surface area contributed by atoms with Crippen molar-refractivity contribution < 1.29 is 9.18 Å². The molecule has 3 rings (SSSR count). The first-order chi connectivity index (χ1) is 18.5. The Labute approximate surface area is 243 Å². The number of allylic oxidation sites excluding steroid dienone is 5. The van der Waals surface area contributed by atoms with Crippen molar-refractivity contribution in [2.45, 2.75) is 112 Å². The average Bonchev–Trinajstić information content (AvgIpc) is 3.72. The molecular formula is C35H57FNOP. The fraction of sp³-hybridized carbons (Fsp3) is 0.571. The second-order valence-electron chi connectivity index (χ2n) is 10.3. The molecule has 2 aliphatic rings. The van der Waals surface area contributed by atoms with E-state index < -0.39 is 11.5 Å². The summed E-state index contributed by atoms with van der Waals surface area (Å²) in [4.78, 5) is 11.0. The van der Waals surface area contributed by atoms with Crippen LogP contribution in [0.4, 0.5) is 4.39 Å². The monoisotopic (exact) mass is 557 g/mol. The van der Waals surface area contributed by atoms with Crippen LogP contribution in [-0.2, 0) is 0 Å². The highest BCUT2D eigenvalue weighted by Crippen LogP contribution is 2.32. The van der Waals surface area contributed by atoms with Gasteiger partial charge in [-0.15, -0.1) is 11.8 Å². The summed E-state index contributed by atoms with van der Waals surface area (Å²) in [5, 5.41) is 0. The number of hydrogen-bond donors (Lipinski definition) is 1. The van der Waals surface area contributed by atoms with Crippen molar-refractivity contribution in [3.05, 3.63) is 72.4 Å². The number of benzene rings is 1. The van der Waals surface area contributed by atoms with E-state index in [1.165, 1.54) is 45.4 Å². The minimum atomic E-state index is -1.82. The lowest BCUT2D eigenvalue weighted by Crippen LogP contribution is -2.32. The van der Waals surface area contributed by atoms with Gasteiger partial charge < -0.3 is 0 Å². The molecule has 4 heteroatoms. The molecule has 3 atom stereocenters. The minimum Gasteiger partial charge on any atom is -0.296 e. The Morgan fingerprint density at radius 3 is 1.92 bits per heavy atom. The second kappa shape index (κ2) is 23.8. The van der Waals surface area contributed by atoms with Gasteiger partial charge in [0.2, 0.25) is 0 Å². The molecule has 0 aromatic heterocycles. The Morgan fingerprint density at radius 1 is 1.08 bits per heavy atom. The summed E-state index contributed by atoms with van der Waals surface area (Å²) in [6.07, 6.45) is 19.3. The molecule has 0 heterocycles. The lowest BCUT2D eigenvalue weighted by atomic mass is 9.82. The molecule has 0 amide bonds. The predicted octanol–water partition coefficient (Wildman–Crippen LogP) is 10.4. The molecule has 2 fully saturated rings. The van der Waals surface area contributed by atoms with Gasteiger partial charge in [0.05, 0.1) is 0 Å². The van der Waals surface area contributed by atoms with Crippen molar-refractivity contribution in [3.63, 3.8) is 0 Å². The van der Waals surface area contributed by atoms with Crippen LogP contribution in [0.1, 0.15) is 122 Å². The van der Waals surface area contributed by atoms with E-state index in [-0.39, 0.29) is 5.78 Å². The zero-order valence-corrected chi connectivity index (χ0v) is 27.3. The van der Waals surface area contributed by atoms with E-state index in [4.69, 9.17) is 5.73 Å². The first-order valence-corrected chi connectivity index (χ1v) is 15.2. The van der Waals surface area contributed by atoms with Gasteiger partial charge in [0.15, 0.2) is 11.3 Å². The SMILES string of the molecule is C=C/C=C\C=C/C.CC.CC#CCC1CCC(C)CC1.CC(=O)c1ccc(C(C)C(N)(F)P)cc1.CC1CC1. The van der Waals surface area contributed by atoms with Crippen molar-refractivity contribution in [2.24, 2.45) is 23.5 Å². The molecule has 0 aliphatic heterocycles. The number of alkyl halides is 1. The number of Topliss-reactive ketones (excluding diaryl/α,β-unsaturated/α-hetero) is 1. The highest BCUT2D eigenvalue weighted by Gasteiger charge is 2.27. The number of hydrogen-bond acceptors (Lipinski definition) is 2. The molecule has 0 bridgehead atoms. The fourth-order valence-electron chi connectivity index (χ4n) is 3.46. The van der Waals surface area contributed by atoms with Gasteiger partial charge in [0.1, 0.15) is 0 Å². The summed E-state index contributed by atoms with van der Waals surface area (Å²) in [6.45, 7) is 19.3. The Balaban J connectivity index is 0. The van der Waals surface area contributed by atoms with E-state index in [2.05, 4.69) is 32.3 Å². The topological polar surface area (TPSA) is 43.1 Å². The van der Waals surface area contributed by atoms with Crippen molar-refractivity contribution in [2.75, 3.05) is 0 Å². The zero-order chi connectivity index (χ0) is 30.3. The molecule has 0 spiro atoms. The van der Waals surface area contributed by atoms with E-state index in [1.54, 1.807) is 37.3 Å². The van der Waals surface area contributed by atoms with Crippen LogP contribution < -0.4 is 5.73 Å². The van der Waals surface area contributed by atoms with Crippen molar-refractivity contribution in [3.8, 4) is 11.8 Å². The molecule has 2 N–H and O–H groups in total. The number of nitrogens with two attached hydrogens (primary N) is 1. The van der Waals surface area contributed by atoms with Crippen LogP contribution in [0.15, 0.2) is 61.2 Å². The molecule has 0 saturated heterocycles. The Hall–Kier alpha value is -2.01. The summed E-state index contributed by atoms with van der Waals surface area (Å²) in [5.41, 5.74) is 4.92. The van der Waals surface area contributed by atoms with Gasteiger partial charge in [-0.3, -0.25) is 10.5 Å². The van der Waals surface area contributed by atoms with Gasteiger partial charge in [-0.25, -0.2) is 4.39 Å². The van der Waals surface area contributed by atoms with E-state index in [0.29, 0.717) is 5.56 Å². The van der Waals surface area contributed by atoms with Crippen LogP contribution >= 0.6 is 9.24 Å². The molecule has 2 nitrogen and oxygen atoms in total. The van der Waals surface area contributed by atoms with Crippen LogP contribution in [0.2, 0.25) is 0 Å². The van der Waals surface area contributed by atoms with Crippen LogP contribution in [0.25, 0.3) is 0 Å². The summed E-state index contributed by atoms with van der Waals surface area (Å²) in [6, 6.07) is 6.83. The molecule has 1 aromatic rings. The van der Waals surface area contributed by atoms with E-state index in [1.807, 2.05) is 61.2 Å². The summed E-state index contributed by atoms with van der Waals surface area (Å²) in [7, 11) is 1.98. The van der Waals surface area contributed by atoms with E-state index >= 15 is 0 Å². The zero-order valence-electron chi connectivity index (χ0n) is 26.1. The van der Waals surface area contributed by atoms with Crippen LogP contribution in [0.5, 0.6) is 0 Å². The van der Waals surface area contributed by atoms with Gasteiger partial charge in [0, 0.05) is 17.9 Å². The quantitative estimate of drug-likeness (QED) is 0.124. The molecule has 220 valence electrons. The van der Waals surface area contributed by atoms with Crippen molar-refractivity contribution in [1.29, 1.82) is 0 Å². The lowest BCUT2D eigenvalue weighted by Gasteiger charge is -2.24. The normalized spacial score (nSPS) is 20.0. The van der Waals surface area contributed by atoms with E-state index in [0.717, 1.165) is 29.7 Å². The third-order valence-electron chi connectivity index (χ3n) is 6.60. The third-order valence-corrected chi connectivity index (χ3v) is 7.10. The fourth-order valence-corrected chi connectivity index (χ4v) is 3.65. The summed E-state index contributed by atoms with van der Waals surface area (Å²) >= 11 is 0. The molecule has 39 heavy (non-hydrogen) atoms. The first kappa shape index (κ1) is 39.1. The maximum atomic E-state index is 13.4. The number of carbonyl (C=O) groups excluding carboxylic acids is 1. The molecule has 2 aliphatic carbocycles. The Bertz CT molecular complexity index is 874.